The van der Waals surface area contributed by atoms with Gasteiger partial charge in [-0.15, -0.1) is 11.3 Å². The number of hydrogen-bond acceptors (Lipinski definition) is 5. The first-order valence-electron chi connectivity index (χ1n) is 9.73. The average molecular weight is 395 g/mol. The second-order valence-electron chi connectivity index (χ2n) is 7.94. The average Bonchev–Trinajstić information content (AvgIpc) is 3.03. The third kappa shape index (κ3) is 4.89. The zero-order valence-corrected chi connectivity index (χ0v) is 17.1. The van der Waals surface area contributed by atoms with E-state index in [4.69, 9.17) is 9.47 Å². The largest absolute Gasteiger partial charge is 0.380 e. The molecule has 7 heteroatoms. The number of thiophene rings is 1. The predicted molar refractivity (Wildman–Crippen MR) is 105 cm³/mol. The van der Waals surface area contributed by atoms with Gasteiger partial charge < -0.3 is 20.1 Å². The minimum absolute atomic E-state index is 0.0841. The van der Waals surface area contributed by atoms with Crippen molar-refractivity contribution in [1.29, 1.82) is 0 Å². The molecule has 2 atom stereocenters. The molecule has 1 aliphatic carbocycles. The lowest BCUT2D eigenvalue weighted by atomic mass is 9.69. The monoisotopic (exact) mass is 394 g/mol. The Morgan fingerprint density at radius 2 is 2.07 bits per heavy atom. The number of methoxy groups -OCH3 is 1. The fraction of sp³-hybridized carbons (Fsp3) is 0.700. The van der Waals surface area contributed by atoms with Crippen LogP contribution in [0.2, 0.25) is 0 Å². The lowest BCUT2D eigenvalue weighted by Crippen LogP contribution is -2.58. The first kappa shape index (κ1) is 20.3. The zero-order valence-electron chi connectivity index (χ0n) is 16.3. The van der Waals surface area contributed by atoms with Crippen LogP contribution in [0.15, 0.2) is 11.4 Å². The fourth-order valence-corrected chi connectivity index (χ4v) is 4.62. The summed E-state index contributed by atoms with van der Waals surface area (Å²) in [4.78, 5) is 25.9. The number of carbonyl (C=O) groups excluding carboxylic acids is 2. The summed E-state index contributed by atoms with van der Waals surface area (Å²) in [5.74, 6) is 1.40. The summed E-state index contributed by atoms with van der Waals surface area (Å²) in [6.45, 7) is 5.86. The molecule has 6 nitrogen and oxygen atoms in total. The van der Waals surface area contributed by atoms with Crippen molar-refractivity contribution in [3.05, 3.63) is 21.9 Å². The van der Waals surface area contributed by atoms with E-state index in [0.29, 0.717) is 43.0 Å². The van der Waals surface area contributed by atoms with Gasteiger partial charge in [-0.1, -0.05) is 13.8 Å². The van der Waals surface area contributed by atoms with Crippen LogP contribution in [0.5, 0.6) is 0 Å². The van der Waals surface area contributed by atoms with Gasteiger partial charge in [0, 0.05) is 25.2 Å². The smallest absolute Gasteiger partial charge is 0.262 e. The zero-order chi connectivity index (χ0) is 19.4. The number of rotatable bonds is 7. The van der Waals surface area contributed by atoms with E-state index in [9.17, 15) is 9.59 Å². The van der Waals surface area contributed by atoms with Crippen molar-refractivity contribution in [3.63, 3.8) is 0 Å². The number of carbonyl (C=O) groups is 2. The molecule has 0 spiro atoms. The SMILES string of the molecule is COCc1ccsc1C(=O)N[C@@H]1COCC[C@@H]1NC(=O)C1CC(C(C)C)C1. The maximum absolute atomic E-state index is 12.7. The second-order valence-corrected chi connectivity index (χ2v) is 8.86. The summed E-state index contributed by atoms with van der Waals surface area (Å²) in [5, 5.41) is 8.11. The Hall–Kier alpha value is -1.44. The Morgan fingerprint density at radius 3 is 2.78 bits per heavy atom. The minimum atomic E-state index is -0.214. The van der Waals surface area contributed by atoms with Gasteiger partial charge in [0.2, 0.25) is 5.91 Å². The van der Waals surface area contributed by atoms with Gasteiger partial charge in [-0.05, 0) is 42.5 Å². The van der Waals surface area contributed by atoms with E-state index in [2.05, 4.69) is 24.5 Å². The Kier molecular flexibility index (Phi) is 6.89. The van der Waals surface area contributed by atoms with Crippen LogP contribution in [0.3, 0.4) is 0 Å². The molecule has 2 amide bonds. The van der Waals surface area contributed by atoms with Crippen molar-refractivity contribution in [1.82, 2.24) is 10.6 Å². The van der Waals surface area contributed by atoms with Crippen molar-refractivity contribution in [2.45, 2.75) is 51.8 Å². The first-order valence-corrected chi connectivity index (χ1v) is 10.6. The molecule has 0 unspecified atom stereocenters. The van der Waals surface area contributed by atoms with Gasteiger partial charge in [0.15, 0.2) is 0 Å². The quantitative estimate of drug-likeness (QED) is 0.745. The Bertz CT molecular complexity index is 654. The maximum Gasteiger partial charge on any atom is 0.262 e. The van der Waals surface area contributed by atoms with E-state index in [1.807, 2.05) is 11.4 Å². The summed E-state index contributed by atoms with van der Waals surface area (Å²) in [7, 11) is 1.62. The van der Waals surface area contributed by atoms with Crippen LogP contribution in [0.1, 0.15) is 48.3 Å². The van der Waals surface area contributed by atoms with Gasteiger partial charge in [0.1, 0.15) is 0 Å². The van der Waals surface area contributed by atoms with Crippen molar-refractivity contribution < 1.29 is 19.1 Å². The van der Waals surface area contributed by atoms with Gasteiger partial charge in [-0.2, -0.15) is 0 Å². The van der Waals surface area contributed by atoms with E-state index >= 15 is 0 Å². The van der Waals surface area contributed by atoms with Crippen LogP contribution in [-0.4, -0.2) is 44.2 Å². The molecule has 1 aromatic heterocycles. The Labute approximate surface area is 165 Å². The van der Waals surface area contributed by atoms with Crippen LogP contribution in [-0.2, 0) is 20.9 Å². The molecule has 0 radical (unpaired) electrons. The van der Waals surface area contributed by atoms with Gasteiger partial charge >= 0.3 is 0 Å². The molecule has 27 heavy (non-hydrogen) atoms. The fourth-order valence-electron chi connectivity index (χ4n) is 3.81. The molecular formula is C20H30N2O4S. The number of hydrogen-bond donors (Lipinski definition) is 2. The normalized spacial score (nSPS) is 27.9. The third-order valence-electron chi connectivity index (χ3n) is 5.74. The maximum atomic E-state index is 12.7. The molecule has 2 aliphatic rings. The molecule has 1 saturated carbocycles. The Morgan fingerprint density at radius 1 is 1.30 bits per heavy atom. The number of ether oxygens (including phenoxy) is 2. The van der Waals surface area contributed by atoms with E-state index in [1.165, 1.54) is 11.3 Å². The molecule has 150 valence electrons. The molecule has 1 aromatic rings. The van der Waals surface area contributed by atoms with E-state index in [0.717, 1.165) is 18.4 Å². The molecule has 2 N–H and O–H groups in total. The summed E-state index contributed by atoms with van der Waals surface area (Å²) in [6.07, 6.45) is 2.66. The van der Waals surface area contributed by atoms with Gasteiger partial charge in [-0.25, -0.2) is 0 Å². The molecule has 2 heterocycles. The molecular weight excluding hydrogens is 364 g/mol. The summed E-state index contributed by atoms with van der Waals surface area (Å²) in [6, 6.07) is 1.61. The topological polar surface area (TPSA) is 76.7 Å². The van der Waals surface area contributed by atoms with E-state index in [-0.39, 0.29) is 29.8 Å². The lowest BCUT2D eigenvalue weighted by Gasteiger charge is -2.39. The third-order valence-corrected chi connectivity index (χ3v) is 6.70. The highest BCUT2D eigenvalue weighted by Crippen LogP contribution is 2.38. The van der Waals surface area contributed by atoms with Gasteiger partial charge in [0.25, 0.3) is 5.91 Å². The first-order chi connectivity index (χ1) is 13.0. The van der Waals surface area contributed by atoms with Crippen molar-refractivity contribution in [3.8, 4) is 0 Å². The summed E-state index contributed by atoms with van der Waals surface area (Å²) < 4.78 is 10.7. The van der Waals surface area contributed by atoms with Crippen LogP contribution >= 0.6 is 11.3 Å². The van der Waals surface area contributed by atoms with Crippen LogP contribution in [0.25, 0.3) is 0 Å². The number of nitrogens with one attached hydrogen (secondary N) is 2. The van der Waals surface area contributed by atoms with Crippen LogP contribution < -0.4 is 10.6 Å². The van der Waals surface area contributed by atoms with Crippen molar-refractivity contribution >= 4 is 23.2 Å². The molecule has 1 saturated heterocycles. The molecule has 1 aliphatic heterocycles. The standard InChI is InChI=1S/C20H30N2O4S/c1-12(2)14-8-15(9-14)19(23)21-16-4-6-26-11-17(16)22-20(24)18-13(10-25-3)5-7-27-18/h5,7,12,14-17H,4,6,8-11H2,1-3H3,(H,21,23)(H,22,24)/t14?,15?,16-,17+/m0/s1. The lowest BCUT2D eigenvalue weighted by molar-refractivity contribution is -0.131. The highest BCUT2D eigenvalue weighted by atomic mass is 32.1. The minimum Gasteiger partial charge on any atom is -0.380 e. The highest BCUT2D eigenvalue weighted by Gasteiger charge is 2.38. The molecule has 3 rings (SSSR count). The second kappa shape index (κ2) is 9.17. The predicted octanol–water partition coefficient (Wildman–Crippen LogP) is 2.58. The van der Waals surface area contributed by atoms with E-state index in [1.54, 1.807) is 7.11 Å². The highest BCUT2D eigenvalue weighted by molar-refractivity contribution is 7.12. The number of amides is 2. The van der Waals surface area contributed by atoms with E-state index < -0.39 is 0 Å². The van der Waals surface area contributed by atoms with Gasteiger partial charge in [0.05, 0.1) is 30.2 Å². The summed E-state index contributed by atoms with van der Waals surface area (Å²) >= 11 is 1.40. The molecule has 0 aromatic carbocycles. The van der Waals surface area contributed by atoms with Crippen molar-refractivity contribution in [2.24, 2.45) is 17.8 Å². The van der Waals surface area contributed by atoms with Crippen LogP contribution in [0, 0.1) is 17.8 Å². The van der Waals surface area contributed by atoms with Crippen LogP contribution in [0.4, 0.5) is 0 Å². The Balaban J connectivity index is 1.56. The van der Waals surface area contributed by atoms with Gasteiger partial charge in [-0.3, -0.25) is 9.59 Å². The molecule has 0 bridgehead atoms. The van der Waals surface area contributed by atoms with Crippen molar-refractivity contribution in [2.75, 3.05) is 20.3 Å². The molecule has 2 fully saturated rings. The summed E-state index contributed by atoms with van der Waals surface area (Å²) in [5.41, 5.74) is 0.881.